The number of amides is 2. The van der Waals surface area contributed by atoms with E-state index >= 15 is 0 Å². The lowest BCUT2D eigenvalue weighted by atomic mass is 9.97. The van der Waals surface area contributed by atoms with Crippen molar-refractivity contribution < 1.29 is 27.1 Å². The van der Waals surface area contributed by atoms with Crippen molar-refractivity contribution in [2.45, 2.75) is 37.5 Å². The minimum atomic E-state index is -3.81. The Morgan fingerprint density at radius 1 is 1.08 bits per heavy atom. The number of piperidine rings is 1. The molecule has 2 heterocycles. The summed E-state index contributed by atoms with van der Waals surface area (Å²) in [5, 5.41) is 5.75. The van der Waals surface area contributed by atoms with Crippen LogP contribution in [0.2, 0.25) is 5.02 Å². The Bertz CT molecular complexity index is 1190. The minimum Gasteiger partial charge on any atom is -0.376 e. The van der Waals surface area contributed by atoms with Gasteiger partial charge in [0.05, 0.1) is 23.1 Å². The van der Waals surface area contributed by atoms with E-state index in [9.17, 15) is 22.4 Å². The summed E-state index contributed by atoms with van der Waals surface area (Å²) in [6.07, 6.45) is 2.50. The lowest BCUT2D eigenvalue weighted by molar-refractivity contribution is -0.120. The van der Waals surface area contributed by atoms with E-state index in [1.807, 2.05) is 0 Å². The molecule has 0 aromatic heterocycles. The van der Waals surface area contributed by atoms with E-state index in [0.717, 1.165) is 12.8 Å². The number of hydrogen-bond donors (Lipinski definition) is 2. The van der Waals surface area contributed by atoms with Gasteiger partial charge in [0.15, 0.2) is 0 Å². The van der Waals surface area contributed by atoms with E-state index < -0.39 is 27.5 Å². The van der Waals surface area contributed by atoms with Crippen molar-refractivity contribution in [1.29, 1.82) is 0 Å². The van der Waals surface area contributed by atoms with Gasteiger partial charge in [-0.15, -0.1) is 0 Å². The van der Waals surface area contributed by atoms with E-state index in [2.05, 4.69) is 10.6 Å². The van der Waals surface area contributed by atoms with Crippen molar-refractivity contribution in [3.8, 4) is 0 Å². The predicted octanol–water partition coefficient (Wildman–Crippen LogP) is 3.57. The summed E-state index contributed by atoms with van der Waals surface area (Å²) in [4.78, 5) is 25.7. The number of halogens is 2. The largest absolute Gasteiger partial charge is 0.376 e. The fraction of sp³-hybridized carbons (Fsp3) is 0.440. The van der Waals surface area contributed by atoms with Crippen LogP contribution < -0.4 is 10.6 Å². The average molecular weight is 538 g/mol. The Kier molecular flexibility index (Phi) is 8.61. The molecular formula is C25H29ClFN3O5S. The van der Waals surface area contributed by atoms with Gasteiger partial charge in [-0.3, -0.25) is 9.59 Å². The number of sulfonamides is 1. The van der Waals surface area contributed by atoms with Gasteiger partial charge in [-0.05, 0) is 49.9 Å². The first-order valence-corrected chi connectivity index (χ1v) is 13.9. The van der Waals surface area contributed by atoms with Gasteiger partial charge in [0, 0.05) is 42.7 Å². The highest BCUT2D eigenvalue weighted by Gasteiger charge is 2.32. The van der Waals surface area contributed by atoms with Gasteiger partial charge in [0.1, 0.15) is 5.82 Å². The average Bonchev–Trinajstić information content (AvgIpc) is 3.39. The van der Waals surface area contributed by atoms with Crippen LogP contribution in [0.4, 0.5) is 10.1 Å². The summed E-state index contributed by atoms with van der Waals surface area (Å²) >= 11 is 5.99. The Morgan fingerprint density at radius 3 is 2.53 bits per heavy atom. The lowest BCUT2D eigenvalue weighted by Crippen LogP contribution is -2.42. The number of carbonyl (C=O) groups excluding carboxylic acids is 2. The molecule has 0 radical (unpaired) electrons. The molecule has 2 aromatic rings. The molecule has 36 heavy (non-hydrogen) atoms. The summed E-state index contributed by atoms with van der Waals surface area (Å²) < 4.78 is 46.6. The van der Waals surface area contributed by atoms with E-state index in [1.54, 1.807) is 24.3 Å². The third kappa shape index (κ3) is 6.42. The fourth-order valence-corrected chi connectivity index (χ4v) is 6.39. The molecule has 0 spiro atoms. The van der Waals surface area contributed by atoms with E-state index in [0.29, 0.717) is 37.2 Å². The van der Waals surface area contributed by atoms with Crippen molar-refractivity contribution in [3.63, 3.8) is 0 Å². The third-order valence-electron chi connectivity index (χ3n) is 6.55. The van der Waals surface area contributed by atoms with E-state index in [-0.39, 0.29) is 41.6 Å². The SMILES string of the molecule is O=C(NC[C@H]1CCCO1)c1ccccc1NC(=O)C1CCN(S(=O)(=O)Cc2c(F)cccc2Cl)CC1. The maximum absolute atomic E-state index is 14.1. The first-order valence-electron chi connectivity index (χ1n) is 11.9. The minimum absolute atomic E-state index is 0.00609. The van der Waals surface area contributed by atoms with Crippen molar-refractivity contribution in [1.82, 2.24) is 9.62 Å². The zero-order chi connectivity index (χ0) is 25.7. The molecule has 11 heteroatoms. The van der Waals surface area contributed by atoms with Crippen molar-refractivity contribution >= 4 is 39.1 Å². The molecule has 1 atom stereocenters. The second kappa shape index (κ2) is 11.7. The van der Waals surface area contributed by atoms with Crippen LogP contribution in [0.5, 0.6) is 0 Å². The van der Waals surface area contributed by atoms with Crippen LogP contribution in [0, 0.1) is 11.7 Å². The highest BCUT2D eigenvalue weighted by molar-refractivity contribution is 7.88. The standard InChI is InChI=1S/C25H29ClFN3O5S/c26-21-7-3-8-22(27)20(21)16-36(33,34)30-12-10-17(11-13-30)24(31)29-23-9-2-1-6-19(23)25(32)28-15-18-5-4-14-35-18/h1-3,6-9,17-18H,4-5,10-16H2,(H,28,32)(H,29,31)/t18-/m1/s1. The molecule has 2 N–H and O–H groups in total. The van der Waals surface area contributed by atoms with Crippen molar-refractivity contribution in [3.05, 3.63) is 64.4 Å². The van der Waals surface area contributed by atoms with Gasteiger partial charge in [-0.2, -0.15) is 0 Å². The number of carbonyl (C=O) groups is 2. The summed E-state index contributed by atoms with van der Waals surface area (Å²) in [7, 11) is -3.81. The molecular weight excluding hydrogens is 509 g/mol. The van der Waals surface area contributed by atoms with Crippen LogP contribution in [0.25, 0.3) is 0 Å². The molecule has 2 aromatic carbocycles. The molecule has 0 aliphatic carbocycles. The van der Waals surface area contributed by atoms with Crippen molar-refractivity contribution in [2.24, 2.45) is 5.92 Å². The van der Waals surface area contributed by atoms with E-state index in [1.165, 1.54) is 22.5 Å². The molecule has 8 nitrogen and oxygen atoms in total. The number of hydrogen-bond acceptors (Lipinski definition) is 5. The zero-order valence-electron chi connectivity index (χ0n) is 19.7. The molecule has 2 aliphatic rings. The van der Waals surface area contributed by atoms with Gasteiger partial charge in [0.25, 0.3) is 5.91 Å². The number of nitrogens with one attached hydrogen (secondary N) is 2. The van der Waals surface area contributed by atoms with Crippen LogP contribution in [0.15, 0.2) is 42.5 Å². The Morgan fingerprint density at radius 2 is 1.83 bits per heavy atom. The van der Waals surface area contributed by atoms with Crippen LogP contribution in [0.1, 0.15) is 41.6 Å². The zero-order valence-corrected chi connectivity index (χ0v) is 21.3. The smallest absolute Gasteiger partial charge is 0.253 e. The summed E-state index contributed by atoms with van der Waals surface area (Å²) in [5.41, 5.74) is 0.690. The predicted molar refractivity (Wildman–Crippen MR) is 135 cm³/mol. The second-order valence-corrected chi connectivity index (χ2v) is 11.4. The van der Waals surface area contributed by atoms with Crippen LogP contribution >= 0.6 is 11.6 Å². The number of rotatable bonds is 8. The molecule has 0 bridgehead atoms. The van der Waals surface area contributed by atoms with Crippen molar-refractivity contribution in [2.75, 3.05) is 31.6 Å². The number of anilines is 1. The van der Waals surface area contributed by atoms with Gasteiger partial charge in [-0.25, -0.2) is 17.1 Å². The molecule has 4 rings (SSSR count). The molecule has 2 saturated heterocycles. The van der Waals surface area contributed by atoms with Crippen LogP contribution in [-0.4, -0.2) is 56.9 Å². The van der Waals surface area contributed by atoms with Gasteiger partial charge in [-0.1, -0.05) is 29.8 Å². The number of para-hydroxylation sites is 1. The fourth-order valence-electron chi connectivity index (χ4n) is 4.47. The highest BCUT2D eigenvalue weighted by Crippen LogP contribution is 2.27. The monoisotopic (exact) mass is 537 g/mol. The van der Waals surface area contributed by atoms with Crippen LogP contribution in [-0.2, 0) is 25.3 Å². The summed E-state index contributed by atoms with van der Waals surface area (Å²) in [6, 6.07) is 10.8. The lowest BCUT2D eigenvalue weighted by Gasteiger charge is -2.30. The Hall–Kier alpha value is -2.53. The van der Waals surface area contributed by atoms with Gasteiger partial charge in [0.2, 0.25) is 15.9 Å². The first-order chi connectivity index (χ1) is 17.2. The van der Waals surface area contributed by atoms with E-state index in [4.69, 9.17) is 16.3 Å². The highest BCUT2D eigenvalue weighted by atomic mass is 35.5. The van der Waals surface area contributed by atoms with Crippen LogP contribution in [0.3, 0.4) is 0 Å². The molecule has 2 aliphatic heterocycles. The number of nitrogens with zero attached hydrogens (tertiary/aromatic N) is 1. The molecule has 0 unspecified atom stereocenters. The second-order valence-electron chi connectivity index (χ2n) is 9.01. The maximum atomic E-state index is 14.1. The molecule has 0 saturated carbocycles. The molecule has 194 valence electrons. The van der Waals surface area contributed by atoms with Gasteiger partial charge < -0.3 is 15.4 Å². The Balaban J connectivity index is 1.33. The third-order valence-corrected chi connectivity index (χ3v) is 8.71. The summed E-state index contributed by atoms with van der Waals surface area (Å²) in [6.45, 7) is 1.38. The topological polar surface area (TPSA) is 105 Å². The summed E-state index contributed by atoms with van der Waals surface area (Å²) in [5.74, 6) is -2.20. The first kappa shape index (κ1) is 26.5. The quantitative estimate of drug-likeness (QED) is 0.535. The number of ether oxygens (including phenoxy) is 1. The Labute approximate surface area is 215 Å². The number of benzene rings is 2. The normalized spacial score (nSPS) is 19.2. The van der Waals surface area contributed by atoms with Gasteiger partial charge >= 0.3 is 0 Å². The molecule has 2 amide bonds. The maximum Gasteiger partial charge on any atom is 0.253 e. The molecule has 2 fully saturated rings.